The van der Waals surface area contributed by atoms with Gasteiger partial charge in [-0.1, -0.05) is 0 Å². The summed E-state index contributed by atoms with van der Waals surface area (Å²) in [6.07, 6.45) is 1.66. The third-order valence-corrected chi connectivity index (χ3v) is 2.10. The van der Waals surface area contributed by atoms with Crippen molar-refractivity contribution in [2.24, 2.45) is 0 Å². The third kappa shape index (κ3) is 2.15. The summed E-state index contributed by atoms with van der Waals surface area (Å²) in [5, 5.41) is 3.54. The second kappa shape index (κ2) is 4.39. The minimum atomic E-state index is -0.564. The Balaban J connectivity index is 2.06. The number of carbonyl (C=O) groups is 1. The molecule has 0 saturated carbocycles. The van der Waals surface area contributed by atoms with Gasteiger partial charge in [0.15, 0.2) is 0 Å². The van der Waals surface area contributed by atoms with Crippen molar-refractivity contribution in [3.8, 4) is 0 Å². The van der Waals surface area contributed by atoms with E-state index in [4.69, 9.17) is 14.0 Å². The fraction of sp³-hybridized carbons (Fsp3) is 0.667. The molecule has 0 bridgehead atoms. The topological polar surface area (TPSA) is 74.5 Å². The molecule has 1 saturated heterocycles. The minimum absolute atomic E-state index is 0.0395. The van der Waals surface area contributed by atoms with Crippen molar-refractivity contribution >= 4 is 5.97 Å². The van der Waals surface area contributed by atoms with Gasteiger partial charge in [0.25, 0.3) is 11.7 Å². The maximum Gasteiger partial charge on any atom is 0.379 e. The molecule has 6 nitrogen and oxygen atoms in total. The highest BCUT2D eigenvalue weighted by Gasteiger charge is 2.25. The molecule has 6 heteroatoms. The zero-order chi connectivity index (χ0) is 10.7. The molecule has 0 aromatic carbocycles. The highest BCUT2D eigenvalue weighted by molar-refractivity contribution is 5.84. The second-order valence-electron chi connectivity index (χ2n) is 3.18. The van der Waals surface area contributed by atoms with Crippen LogP contribution in [0.25, 0.3) is 0 Å². The average molecular weight is 212 g/mol. The van der Waals surface area contributed by atoms with Crippen LogP contribution < -0.4 is 0 Å². The zero-order valence-corrected chi connectivity index (χ0v) is 8.43. The molecule has 2 heterocycles. The van der Waals surface area contributed by atoms with Gasteiger partial charge in [-0.2, -0.15) is 4.98 Å². The van der Waals surface area contributed by atoms with Gasteiger partial charge in [0.1, 0.15) is 6.10 Å². The Kier molecular flexibility index (Phi) is 2.96. The predicted molar refractivity (Wildman–Crippen MR) is 48.2 cm³/mol. The van der Waals surface area contributed by atoms with Crippen LogP contribution in [-0.2, 0) is 9.47 Å². The van der Waals surface area contributed by atoms with Gasteiger partial charge in [-0.25, -0.2) is 4.79 Å². The van der Waals surface area contributed by atoms with Gasteiger partial charge >= 0.3 is 5.97 Å². The molecule has 1 aliphatic rings. The van der Waals surface area contributed by atoms with Gasteiger partial charge in [0.05, 0.1) is 6.61 Å². The lowest BCUT2D eigenvalue weighted by atomic mass is 10.2. The van der Waals surface area contributed by atoms with E-state index in [9.17, 15) is 4.79 Å². The molecular formula is C9H12N2O4. The number of nitrogens with zero attached hydrogens (tertiary/aromatic N) is 2. The van der Waals surface area contributed by atoms with Crippen molar-refractivity contribution in [1.82, 2.24) is 10.1 Å². The van der Waals surface area contributed by atoms with Crippen LogP contribution in [0.5, 0.6) is 0 Å². The summed E-state index contributed by atoms with van der Waals surface area (Å²) in [7, 11) is 0. The van der Waals surface area contributed by atoms with Gasteiger partial charge in [-0.05, 0) is 24.9 Å². The van der Waals surface area contributed by atoms with Crippen LogP contribution in [0.4, 0.5) is 0 Å². The summed E-state index contributed by atoms with van der Waals surface area (Å²) in [5.74, 6) is -0.247. The zero-order valence-electron chi connectivity index (χ0n) is 8.43. The van der Waals surface area contributed by atoms with Gasteiger partial charge < -0.3 is 14.0 Å². The highest BCUT2D eigenvalue weighted by atomic mass is 16.5. The number of hydrogen-bond acceptors (Lipinski definition) is 6. The Labute approximate surface area is 86.6 Å². The summed E-state index contributed by atoms with van der Waals surface area (Å²) in [6.45, 7) is 2.71. The quantitative estimate of drug-likeness (QED) is 0.698. The molecule has 0 radical (unpaired) electrons. The molecule has 1 fully saturated rings. The molecule has 1 aromatic rings. The highest BCUT2D eigenvalue weighted by Crippen LogP contribution is 2.26. The smallest absolute Gasteiger partial charge is 0.379 e. The van der Waals surface area contributed by atoms with Crippen molar-refractivity contribution in [2.75, 3.05) is 13.2 Å². The average Bonchev–Trinajstić information content (AvgIpc) is 2.89. The second-order valence-corrected chi connectivity index (χ2v) is 3.18. The van der Waals surface area contributed by atoms with Crippen LogP contribution in [0, 0.1) is 0 Å². The number of carbonyl (C=O) groups excluding carboxylic acids is 1. The molecule has 2 rings (SSSR count). The van der Waals surface area contributed by atoms with Crippen LogP contribution in [0.3, 0.4) is 0 Å². The Morgan fingerprint density at radius 2 is 2.53 bits per heavy atom. The number of ether oxygens (including phenoxy) is 2. The Morgan fingerprint density at radius 1 is 1.67 bits per heavy atom. The van der Waals surface area contributed by atoms with E-state index in [2.05, 4.69) is 10.1 Å². The molecule has 1 aliphatic heterocycles. The molecule has 1 aromatic heterocycles. The van der Waals surface area contributed by atoms with E-state index in [1.807, 2.05) is 0 Å². The van der Waals surface area contributed by atoms with Crippen molar-refractivity contribution in [3.63, 3.8) is 0 Å². The fourth-order valence-corrected chi connectivity index (χ4v) is 1.42. The maximum atomic E-state index is 11.2. The van der Waals surface area contributed by atoms with E-state index < -0.39 is 5.97 Å². The molecular weight excluding hydrogens is 200 g/mol. The lowest BCUT2D eigenvalue weighted by Crippen LogP contribution is -2.07. The Hall–Kier alpha value is -1.43. The first-order valence-corrected chi connectivity index (χ1v) is 4.93. The third-order valence-electron chi connectivity index (χ3n) is 2.10. The van der Waals surface area contributed by atoms with E-state index in [1.54, 1.807) is 6.92 Å². The molecule has 0 aliphatic carbocycles. The monoisotopic (exact) mass is 212 g/mol. The number of rotatable bonds is 3. The molecule has 0 spiro atoms. The number of aromatic nitrogens is 2. The first kappa shape index (κ1) is 10.1. The summed E-state index contributed by atoms with van der Waals surface area (Å²) in [6, 6.07) is 0. The standard InChI is InChI=1S/C9H12N2O4/c1-2-13-9(12)7-10-8(15-11-7)6-4-3-5-14-6/h6H,2-5H2,1H3. The first-order chi connectivity index (χ1) is 7.31. The van der Waals surface area contributed by atoms with Crippen LogP contribution in [0.2, 0.25) is 0 Å². The molecule has 0 N–H and O–H groups in total. The molecule has 15 heavy (non-hydrogen) atoms. The lowest BCUT2D eigenvalue weighted by molar-refractivity contribution is 0.0508. The molecule has 0 amide bonds. The summed E-state index contributed by atoms with van der Waals surface area (Å²) >= 11 is 0. The number of esters is 1. The normalized spacial score (nSPS) is 20.5. The number of hydrogen-bond donors (Lipinski definition) is 0. The Bertz CT molecular complexity index is 344. The molecule has 1 unspecified atom stereocenters. The van der Waals surface area contributed by atoms with Gasteiger partial charge in [0, 0.05) is 6.61 Å². The van der Waals surface area contributed by atoms with Gasteiger partial charge in [0.2, 0.25) is 0 Å². The summed E-state index contributed by atoms with van der Waals surface area (Å²) in [4.78, 5) is 15.2. The van der Waals surface area contributed by atoms with Crippen molar-refractivity contribution in [3.05, 3.63) is 11.7 Å². The van der Waals surface area contributed by atoms with Gasteiger partial charge in [-0.3, -0.25) is 0 Å². The maximum absolute atomic E-state index is 11.2. The summed E-state index contributed by atoms with van der Waals surface area (Å²) < 4.78 is 15.0. The largest absolute Gasteiger partial charge is 0.460 e. The summed E-state index contributed by atoms with van der Waals surface area (Å²) in [5.41, 5.74) is 0. The van der Waals surface area contributed by atoms with E-state index in [0.29, 0.717) is 19.1 Å². The SMILES string of the molecule is CCOC(=O)c1noc(C2CCCO2)n1. The van der Waals surface area contributed by atoms with Crippen LogP contribution in [-0.4, -0.2) is 29.3 Å². The van der Waals surface area contributed by atoms with Crippen molar-refractivity contribution in [1.29, 1.82) is 0 Å². The van der Waals surface area contributed by atoms with Crippen LogP contribution >= 0.6 is 0 Å². The van der Waals surface area contributed by atoms with Crippen LogP contribution in [0.15, 0.2) is 4.52 Å². The Morgan fingerprint density at radius 3 is 3.20 bits per heavy atom. The predicted octanol–water partition coefficient (Wildman–Crippen LogP) is 1.10. The van der Waals surface area contributed by atoms with E-state index in [-0.39, 0.29) is 11.9 Å². The van der Waals surface area contributed by atoms with Crippen molar-refractivity contribution in [2.45, 2.75) is 25.9 Å². The fourth-order valence-electron chi connectivity index (χ4n) is 1.42. The van der Waals surface area contributed by atoms with E-state index in [0.717, 1.165) is 12.8 Å². The minimum Gasteiger partial charge on any atom is -0.460 e. The lowest BCUT2D eigenvalue weighted by Gasteiger charge is -2.00. The molecule has 82 valence electrons. The van der Waals surface area contributed by atoms with Crippen molar-refractivity contribution < 1.29 is 18.8 Å². The van der Waals surface area contributed by atoms with Crippen LogP contribution in [0.1, 0.15) is 42.4 Å². The van der Waals surface area contributed by atoms with Gasteiger partial charge in [-0.15, -0.1) is 0 Å². The first-order valence-electron chi connectivity index (χ1n) is 4.93. The van der Waals surface area contributed by atoms with E-state index in [1.165, 1.54) is 0 Å². The van der Waals surface area contributed by atoms with E-state index >= 15 is 0 Å². The molecule has 1 atom stereocenters.